The lowest BCUT2D eigenvalue weighted by atomic mass is 9.84. The van der Waals surface area contributed by atoms with Crippen molar-refractivity contribution in [3.63, 3.8) is 0 Å². The van der Waals surface area contributed by atoms with Crippen LogP contribution < -0.4 is 5.32 Å². The first-order valence-corrected chi connectivity index (χ1v) is 10.6. The Morgan fingerprint density at radius 2 is 2.04 bits per heavy atom. The molecule has 0 unspecified atom stereocenters. The van der Waals surface area contributed by atoms with Crippen LogP contribution in [-0.4, -0.2) is 17.4 Å². The summed E-state index contributed by atoms with van der Waals surface area (Å²) >= 11 is 6.58. The molecule has 3 aromatic rings. The fourth-order valence-electron chi connectivity index (χ4n) is 2.58. The van der Waals surface area contributed by atoms with Gasteiger partial charge in [-0.2, -0.15) is 0 Å². The van der Waals surface area contributed by atoms with E-state index in [1.165, 1.54) is 17.4 Å². The van der Waals surface area contributed by atoms with Gasteiger partial charge in [-0.25, -0.2) is 9.37 Å². The van der Waals surface area contributed by atoms with Crippen molar-refractivity contribution in [3.05, 3.63) is 62.6 Å². The highest BCUT2D eigenvalue weighted by atomic mass is 79.9. The summed E-state index contributed by atoms with van der Waals surface area (Å²) in [6, 6.07) is 8.69. The molecule has 3 rings (SSSR count). The predicted octanol–water partition coefficient (Wildman–Crippen LogP) is 5.41. The van der Waals surface area contributed by atoms with Crippen molar-refractivity contribution < 1.29 is 9.18 Å². The number of hydrogen-bond donors (Lipinski definition) is 1. The van der Waals surface area contributed by atoms with Crippen LogP contribution in [0.2, 0.25) is 0 Å². The highest BCUT2D eigenvalue weighted by molar-refractivity contribution is 9.10. The summed E-state index contributed by atoms with van der Waals surface area (Å²) in [7, 11) is 0. The van der Waals surface area contributed by atoms with Gasteiger partial charge in [0.15, 0.2) is 0 Å². The molecular weight excluding hydrogens is 435 g/mol. The Bertz CT molecular complexity index is 920. The number of amides is 1. The van der Waals surface area contributed by atoms with Crippen molar-refractivity contribution in [2.75, 3.05) is 6.54 Å². The number of carbonyl (C=O) groups is 1. The van der Waals surface area contributed by atoms with E-state index >= 15 is 0 Å². The molecule has 0 fully saturated rings. The number of thiazole rings is 1. The Morgan fingerprint density at radius 3 is 2.73 bits per heavy atom. The van der Waals surface area contributed by atoms with E-state index in [0.29, 0.717) is 12.1 Å². The molecule has 1 N–H and O–H groups in total. The summed E-state index contributed by atoms with van der Waals surface area (Å²) in [5.74, 6) is -0.364. The highest BCUT2D eigenvalue weighted by Gasteiger charge is 2.24. The van der Waals surface area contributed by atoms with Gasteiger partial charge in [0.05, 0.1) is 17.0 Å². The van der Waals surface area contributed by atoms with Crippen molar-refractivity contribution >= 4 is 44.5 Å². The second-order valence-electron chi connectivity index (χ2n) is 6.59. The molecule has 0 saturated heterocycles. The molecule has 0 atom stereocenters. The van der Waals surface area contributed by atoms with Gasteiger partial charge < -0.3 is 5.32 Å². The largest absolute Gasteiger partial charge is 0.355 e. The van der Waals surface area contributed by atoms with E-state index in [0.717, 1.165) is 20.1 Å². The molecule has 0 aliphatic carbocycles. The average molecular weight is 453 g/mol. The number of halogens is 2. The molecule has 0 bridgehead atoms. The number of rotatable bonds is 6. The fourth-order valence-corrected chi connectivity index (χ4v) is 4.91. The van der Waals surface area contributed by atoms with E-state index in [4.69, 9.17) is 0 Å². The normalized spacial score (nSPS) is 11.5. The lowest BCUT2D eigenvalue weighted by molar-refractivity contribution is -0.120. The van der Waals surface area contributed by atoms with Crippen LogP contribution in [0, 0.1) is 5.82 Å². The predicted molar refractivity (Wildman–Crippen MR) is 109 cm³/mol. The minimum atomic E-state index is -0.489. The number of aromatic nitrogens is 1. The van der Waals surface area contributed by atoms with Crippen LogP contribution >= 0.6 is 38.6 Å². The molecule has 0 saturated carbocycles. The van der Waals surface area contributed by atoms with Crippen LogP contribution in [0.4, 0.5) is 4.39 Å². The Hall–Kier alpha value is -1.57. The molecule has 136 valence electrons. The van der Waals surface area contributed by atoms with E-state index in [1.807, 2.05) is 36.7 Å². The zero-order valence-electron chi connectivity index (χ0n) is 14.4. The lowest BCUT2D eigenvalue weighted by Crippen LogP contribution is -2.38. The molecular formula is C19H18BrFN2OS2. The first-order chi connectivity index (χ1) is 12.3. The minimum absolute atomic E-state index is 0.112. The zero-order chi connectivity index (χ0) is 18.7. The molecule has 1 amide bonds. The van der Waals surface area contributed by atoms with Crippen molar-refractivity contribution in [1.82, 2.24) is 10.3 Å². The summed E-state index contributed by atoms with van der Waals surface area (Å²) in [5, 5.41) is 7.73. The van der Waals surface area contributed by atoms with Gasteiger partial charge in [-0.15, -0.1) is 22.7 Å². The van der Waals surface area contributed by atoms with Gasteiger partial charge in [-0.1, -0.05) is 32.0 Å². The van der Waals surface area contributed by atoms with Crippen LogP contribution in [-0.2, 0) is 16.6 Å². The summed E-state index contributed by atoms with van der Waals surface area (Å²) in [5.41, 5.74) is 0.854. The van der Waals surface area contributed by atoms with Gasteiger partial charge >= 0.3 is 0 Å². The number of hydrogen-bond acceptors (Lipinski definition) is 4. The maximum Gasteiger partial charge on any atom is 0.226 e. The van der Waals surface area contributed by atoms with Gasteiger partial charge in [0.25, 0.3) is 0 Å². The summed E-state index contributed by atoms with van der Waals surface area (Å²) in [6.07, 6.45) is 0.219. The second kappa shape index (κ2) is 7.98. The van der Waals surface area contributed by atoms with Gasteiger partial charge in [0.1, 0.15) is 10.8 Å². The molecule has 26 heavy (non-hydrogen) atoms. The molecule has 7 heteroatoms. The number of nitrogens with one attached hydrogen (secondary N) is 1. The van der Waals surface area contributed by atoms with E-state index in [1.54, 1.807) is 23.5 Å². The standard InChI is InChI=1S/C19H18BrFN2OS2/c1-19(2,14-5-3-4-6-15(14)21)11-22-17(24)8-13-10-26-18(23-13)16-7-12(20)9-25-16/h3-7,9-10H,8,11H2,1-2H3,(H,22,24). The molecule has 0 radical (unpaired) electrons. The third-order valence-corrected chi connectivity index (χ3v) is 6.75. The van der Waals surface area contributed by atoms with Crippen molar-refractivity contribution in [3.8, 4) is 9.88 Å². The van der Waals surface area contributed by atoms with Gasteiger partial charge in [0, 0.05) is 27.2 Å². The van der Waals surface area contributed by atoms with Crippen LogP contribution in [0.3, 0.4) is 0 Å². The summed E-state index contributed by atoms with van der Waals surface area (Å²) < 4.78 is 15.0. The minimum Gasteiger partial charge on any atom is -0.355 e. The first kappa shape index (κ1) is 19.2. The van der Waals surface area contributed by atoms with Gasteiger partial charge in [-0.3, -0.25) is 4.79 Å². The third kappa shape index (κ3) is 4.58. The van der Waals surface area contributed by atoms with Gasteiger partial charge in [0.2, 0.25) is 5.91 Å². The molecule has 0 aliphatic heterocycles. The van der Waals surface area contributed by atoms with Gasteiger partial charge in [-0.05, 0) is 33.6 Å². The van der Waals surface area contributed by atoms with E-state index in [9.17, 15) is 9.18 Å². The molecule has 0 aliphatic rings. The molecule has 2 heterocycles. The van der Waals surface area contributed by atoms with Crippen LogP contribution in [0.15, 0.2) is 45.6 Å². The maximum atomic E-state index is 14.0. The zero-order valence-corrected chi connectivity index (χ0v) is 17.6. The van der Waals surface area contributed by atoms with E-state index < -0.39 is 5.41 Å². The number of thiophene rings is 1. The fraction of sp³-hybridized carbons (Fsp3) is 0.263. The van der Waals surface area contributed by atoms with Crippen molar-refractivity contribution in [2.24, 2.45) is 0 Å². The number of carbonyl (C=O) groups excluding carboxylic acids is 1. The maximum absolute atomic E-state index is 14.0. The SMILES string of the molecule is CC(C)(CNC(=O)Cc1csc(-c2cc(Br)cs2)n1)c1ccccc1F. The Balaban J connectivity index is 1.59. The first-order valence-electron chi connectivity index (χ1n) is 8.06. The van der Waals surface area contributed by atoms with Crippen LogP contribution in [0.5, 0.6) is 0 Å². The topological polar surface area (TPSA) is 42.0 Å². The van der Waals surface area contributed by atoms with Crippen LogP contribution in [0.25, 0.3) is 9.88 Å². The number of benzene rings is 1. The second-order valence-corrected chi connectivity index (χ2v) is 9.28. The highest BCUT2D eigenvalue weighted by Crippen LogP contribution is 2.32. The quantitative estimate of drug-likeness (QED) is 0.543. The van der Waals surface area contributed by atoms with E-state index in [2.05, 4.69) is 26.2 Å². The Labute approximate surface area is 168 Å². The molecule has 1 aromatic carbocycles. The molecule has 3 nitrogen and oxygen atoms in total. The average Bonchev–Trinajstić information content (AvgIpc) is 3.22. The van der Waals surface area contributed by atoms with Crippen LogP contribution in [0.1, 0.15) is 25.1 Å². The number of nitrogens with zero attached hydrogens (tertiary/aromatic N) is 1. The molecule has 2 aromatic heterocycles. The van der Waals surface area contributed by atoms with E-state index in [-0.39, 0.29) is 18.1 Å². The monoisotopic (exact) mass is 452 g/mol. The molecule has 0 spiro atoms. The van der Waals surface area contributed by atoms with Crippen molar-refractivity contribution in [1.29, 1.82) is 0 Å². The summed E-state index contributed by atoms with van der Waals surface area (Å²) in [6.45, 7) is 4.20. The lowest BCUT2D eigenvalue weighted by Gasteiger charge is -2.26. The Morgan fingerprint density at radius 1 is 1.27 bits per heavy atom. The smallest absolute Gasteiger partial charge is 0.226 e. The third-order valence-electron chi connectivity index (χ3n) is 4.00. The Kier molecular flexibility index (Phi) is 5.89. The van der Waals surface area contributed by atoms with Crippen molar-refractivity contribution in [2.45, 2.75) is 25.7 Å². The summed E-state index contributed by atoms with van der Waals surface area (Å²) in [4.78, 5) is 17.9.